The first kappa shape index (κ1) is 16.8. The highest BCUT2D eigenvalue weighted by Crippen LogP contribution is 2.28. The second-order valence-corrected chi connectivity index (χ2v) is 5.69. The number of nitrogens with one attached hydrogen (secondary N) is 2. The second kappa shape index (κ2) is 7.59. The summed E-state index contributed by atoms with van der Waals surface area (Å²) in [5, 5.41) is 14.4. The van der Waals surface area contributed by atoms with Crippen molar-refractivity contribution in [1.82, 2.24) is 5.32 Å². The van der Waals surface area contributed by atoms with Crippen molar-refractivity contribution in [1.29, 1.82) is 0 Å². The van der Waals surface area contributed by atoms with Gasteiger partial charge in [0.2, 0.25) is 0 Å². The van der Waals surface area contributed by atoms with Crippen LogP contribution in [0.15, 0.2) is 24.3 Å². The maximum absolute atomic E-state index is 11.7. The summed E-state index contributed by atoms with van der Waals surface area (Å²) in [4.78, 5) is 34.2. The Morgan fingerprint density at radius 1 is 1.26 bits per heavy atom. The number of aliphatic carboxylic acids is 1. The summed E-state index contributed by atoms with van der Waals surface area (Å²) in [6.07, 6.45) is -0.139. The van der Waals surface area contributed by atoms with Gasteiger partial charge in [0, 0.05) is 16.9 Å². The number of esters is 1. The van der Waals surface area contributed by atoms with Crippen molar-refractivity contribution < 1.29 is 24.2 Å². The van der Waals surface area contributed by atoms with Crippen molar-refractivity contribution in [2.45, 2.75) is 13.3 Å². The monoisotopic (exact) mass is 336 g/mol. The number of anilines is 1. The third-order valence-electron chi connectivity index (χ3n) is 2.88. The van der Waals surface area contributed by atoms with E-state index in [9.17, 15) is 14.4 Å². The predicted octanol–water partition coefficient (Wildman–Crippen LogP) is 2.67. The van der Waals surface area contributed by atoms with Crippen molar-refractivity contribution in [3.63, 3.8) is 0 Å². The molecule has 0 atom stereocenters. The lowest BCUT2D eigenvalue weighted by molar-refractivity contribution is -0.136. The summed E-state index contributed by atoms with van der Waals surface area (Å²) in [7, 11) is 0. The van der Waals surface area contributed by atoms with Gasteiger partial charge in [0.05, 0.1) is 13.0 Å². The van der Waals surface area contributed by atoms with Crippen LogP contribution in [-0.4, -0.2) is 36.2 Å². The molecule has 0 saturated carbocycles. The molecule has 2 aromatic rings. The zero-order valence-electron chi connectivity index (χ0n) is 12.4. The molecule has 3 N–H and O–H groups in total. The fraction of sp³-hybridized carbons (Fsp3) is 0.267. The van der Waals surface area contributed by atoms with E-state index in [1.165, 1.54) is 11.3 Å². The molecule has 0 bridgehead atoms. The van der Waals surface area contributed by atoms with Gasteiger partial charge in [0.25, 0.3) is 0 Å². The number of benzene rings is 1. The van der Waals surface area contributed by atoms with Crippen LogP contribution >= 0.6 is 11.3 Å². The fourth-order valence-electron chi connectivity index (χ4n) is 1.88. The molecule has 0 aliphatic rings. The molecule has 0 unspecified atom stereocenters. The topological polar surface area (TPSA) is 105 Å². The van der Waals surface area contributed by atoms with Crippen LogP contribution in [0.1, 0.15) is 23.0 Å². The number of rotatable bonds is 6. The molecular formula is C15H16N2O5S. The van der Waals surface area contributed by atoms with Gasteiger partial charge in [-0.3, -0.25) is 4.79 Å². The van der Waals surface area contributed by atoms with Crippen LogP contribution in [0.3, 0.4) is 0 Å². The number of urea groups is 1. The van der Waals surface area contributed by atoms with Crippen molar-refractivity contribution >= 4 is 45.1 Å². The summed E-state index contributed by atoms with van der Waals surface area (Å²) in [5.74, 6) is -1.34. The molecule has 0 aliphatic carbocycles. The van der Waals surface area contributed by atoms with Crippen LogP contribution in [-0.2, 0) is 9.53 Å². The molecule has 0 spiro atoms. The van der Waals surface area contributed by atoms with Gasteiger partial charge in [0.1, 0.15) is 4.88 Å². The summed E-state index contributed by atoms with van der Waals surface area (Å²) < 4.78 is 5.87. The SMILES string of the molecule is CCOC(=O)c1cc2cc(NC(=O)NCCC(=O)O)ccc2s1. The number of carbonyl (C=O) groups is 3. The van der Waals surface area contributed by atoms with Crippen molar-refractivity contribution in [3.8, 4) is 0 Å². The summed E-state index contributed by atoms with van der Waals surface area (Å²) in [6.45, 7) is 2.11. The van der Waals surface area contributed by atoms with E-state index in [0.29, 0.717) is 17.2 Å². The Morgan fingerprint density at radius 3 is 2.74 bits per heavy atom. The molecule has 0 fully saturated rings. The van der Waals surface area contributed by atoms with E-state index in [0.717, 1.165) is 10.1 Å². The highest BCUT2D eigenvalue weighted by molar-refractivity contribution is 7.20. The molecule has 0 saturated heterocycles. The number of hydrogen-bond donors (Lipinski definition) is 3. The molecule has 122 valence electrons. The number of hydrogen-bond acceptors (Lipinski definition) is 5. The summed E-state index contributed by atoms with van der Waals surface area (Å²) in [5.41, 5.74) is 0.554. The van der Waals surface area contributed by atoms with Gasteiger partial charge in [-0.25, -0.2) is 9.59 Å². The zero-order chi connectivity index (χ0) is 16.8. The first-order valence-electron chi connectivity index (χ1n) is 6.97. The van der Waals surface area contributed by atoms with E-state index < -0.39 is 12.0 Å². The zero-order valence-corrected chi connectivity index (χ0v) is 13.2. The number of ether oxygens (including phenoxy) is 1. The highest BCUT2D eigenvalue weighted by atomic mass is 32.1. The molecule has 2 amide bonds. The minimum atomic E-state index is -0.975. The fourth-order valence-corrected chi connectivity index (χ4v) is 2.82. The number of amides is 2. The highest BCUT2D eigenvalue weighted by Gasteiger charge is 2.12. The first-order valence-corrected chi connectivity index (χ1v) is 7.78. The van der Waals surface area contributed by atoms with Crippen LogP contribution in [0, 0.1) is 0 Å². The minimum Gasteiger partial charge on any atom is -0.481 e. The van der Waals surface area contributed by atoms with Crippen LogP contribution in [0.4, 0.5) is 10.5 Å². The van der Waals surface area contributed by atoms with Crippen LogP contribution in [0.5, 0.6) is 0 Å². The lowest BCUT2D eigenvalue weighted by Gasteiger charge is -2.06. The molecule has 2 rings (SSSR count). The van der Waals surface area contributed by atoms with Crippen LogP contribution in [0.25, 0.3) is 10.1 Å². The molecule has 8 heteroatoms. The Morgan fingerprint density at radius 2 is 2.04 bits per heavy atom. The van der Waals surface area contributed by atoms with Gasteiger partial charge in [-0.15, -0.1) is 11.3 Å². The third-order valence-corrected chi connectivity index (χ3v) is 3.97. The Hall–Kier alpha value is -2.61. The van der Waals surface area contributed by atoms with Crippen molar-refractivity contribution in [3.05, 3.63) is 29.1 Å². The van der Waals surface area contributed by atoms with Gasteiger partial charge < -0.3 is 20.5 Å². The van der Waals surface area contributed by atoms with E-state index in [-0.39, 0.29) is 18.9 Å². The maximum atomic E-state index is 11.7. The van der Waals surface area contributed by atoms with E-state index >= 15 is 0 Å². The normalized spacial score (nSPS) is 10.3. The van der Waals surface area contributed by atoms with E-state index in [1.54, 1.807) is 31.2 Å². The number of thiophene rings is 1. The van der Waals surface area contributed by atoms with E-state index in [1.807, 2.05) is 0 Å². The average Bonchev–Trinajstić information content (AvgIpc) is 2.90. The quantitative estimate of drug-likeness (QED) is 0.704. The minimum absolute atomic E-state index is 0.0505. The molecule has 0 radical (unpaired) electrons. The Balaban J connectivity index is 2.03. The standard InChI is InChI=1S/C15H16N2O5S/c1-2-22-14(20)12-8-9-7-10(3-4-11(9)23-12)17-15(21)16-6-5-13(18)19/h3-4,7-8H,2,5-6H2,1H3,(H,18,19)(H2,16,17,21). The van der Waals surface area contributed by atoms with Crippen molar-refractivity contribution in [2.24, 2.45) is 0 Å². The summed E-state index contributed by atoms with van der Waals surface area (Å²) >= 11 is 1.32. The largest absolute Gasteiger partial charge is 0.481 e. The van der Waals surface area contributed by atoms with Crippen molar-refractivity contribution in [2.75, 3.05) is 18.5 Å². The molecule has 0 aliphatic heterocycles. The van der Waals surface area contributed by atoms with Crippen LogP contribution < -0.4 is 10.6 Å². The number of carboxylic acid groups (broad SMARTS) is 1. The van der Waals surface area contributed by atoms with E-state index in [2.05, 4.69) is 10.6 Å². The molecule has 1 heterocycles. The lowest BCUT2D eigenvalue weighted by atomic mass is 10.2. The van der Waals surface area contributed by atoms with Gasteiger partial charge in [-0.2, -0.15) is 0 Å². The maximum Gasteiger partial charge on any atom is 0.348 e. The number of carboxylic acids is 1. The molecule has 1 aromatic heterocycles. The Bertz CT molecular complexity index is 741. The van der Waals surface area contributed by atoms with Gasteiger partial charge in [0.15, 0.2) is 0 Å². The van der Waals surface area contributed by atoms with Gasteiger partial charge in [-0.1, -0.05) is 0 Å². The molecule has 23 heavy (non-hydrogen) atoms. The first-order chi connectivity index (χ1) is 11.0. The Labute approximate surface area is 136 Å². The summed E-state index contributed by atoms with van der Waals surface area (Å²) in [6, 6.07) is 6.49. The predicted molar refractivity (Wildman–Crippen MR) is 87.1 cm³/mol. The second-order valence-electron chi connectivity index (χ2n) is 4.61. The lowest BCUT2D eigenvalue weighted by Crippen LogP contribution is -2.30. The average molecular weight is 336 g/mol. The molecule has 1 aromatic carbocycles. The molecule has 7 nitrogen and oxygen atoms in total. The molecular weight excluding hydrogens is 320 g/mol. The number of carbonyl (C=O) groups excluding carboxylic acids is 2. The Kier molecular flexibility index (Phi) is 5.53. The van der Waals surface area contributed by atoms with Gasteiger partial charge in [-0.05, 0) is 36.6 Å². The van der Waals surface area contributed by atoms with Crippen LogP contribution in [0.2, 0.25) is 0 Å². The number of fused-ring (bicyclic) bond motifs is 1. The third kappa shape index (κ3) is 4.68. The smallest absolute Gasteiger partial charge is 0.348 e. The van der Waals surface area contributed by atoms with Gasteiger partial charge >= 0.3 is 18.0 Å². The van der Waals surface area contributed by atoms with E-state index in [4.69, 9.17) is 9.84 Å².